The molecule has 0 spiro atoms. The van der Waals surface area contributed by atoms with Gasteiger partial charge in [-0.25, -0.2) is 4.63 Å². The maximum absolute atomic E-state index is 5.31. The third kappa shape index (κ3) is 3.00. The zero-order chi connectivity index (χ0) is 10.5. The smallest absolute Gasteiger partial charge is 0.121 e. The third-order valence-electron chi connectivity index (χ3n) is 2.79. The topological polar surface area (TPSA) is 60.2 Å². The SMILES string of the molecule is Cc1nonc1CNCCC1CCOC1. The van der Waals surface area contributed by atoms with Crippen molar-refractivity contribution in [3.05, 3.63) is 11.4 Å². The van der Waals surface area contributed by atoms with Crippen molar-refractivity contribution in [3.63, 3.8) is 0 Å². The fraction of sp³-hybridized carbons (Fsp3) is 0.800. The largest absolute Gasteiger partial charge is 0.381 e. The van der Waals surface area contributed by atoms with Crippen molar-refractivity contribution in [1.29, 1.82) is 0 Å². The van der Waals surface area contributed by atoms with Gasteiger partial charge in [-0.3, -0.25) is 0 Å². The molecule has 1 aromatic heterocycles. The molecule has 0 amide bonds. The molecule has 1 atom stereocenters. The summed E-state index contributed by atoms with van der Waals surface area (Å²) in [5.41, 5.74) is 1.77. The van der Waals surface area contributed by atoms with Gasteiger partial charge in [0.15, 0.2) is 0 Å². The highest BCUT2D eigenvalue weighted by Crippen LogP contribution is 2.15. The molecule has 84 valence electrons. The summed E-state index contributed by atoms with van der Waals surface area (Å²) >= 11 is 0. The Bertz CT molecular complexity index is 295. The Kier molecular flexibility index (Phi) is 3.69. The zero-order valence-corrected chi connectivity index (χ0v) is 9.03. The number of ether oxygens (including phenoxy) is 1. The first-order valence-electron chi connectivity index (χ1n) is 5.43. The Morgan fingerprint density at radius 3 is 3.07 bits per heavy atom. The molecule has 1 aromatic rings. The molecule has 1 unspecified atom stereocenters. The zero-order valence-electron chi connectivity index (χ0n) is 9.03. The minimum Gasteiger partial charge on any atom is -0.381 e. The van der Waals surface area contributed by atoms with Gasteiger partial charge in [-0.05, 0) is 32.2 Å². The van der Waals surface area contributed by atoms with Crippen molar-refractivity contribution in [1.82, 2.24) is 15.6 Å². The van der Waals surface area contributed by atoms with Crippen molar-refractivity contribution in [2.75, 3.05) is 19.8 Å². The summed E-state index contributed by atoms with van der Waals surface area (Å²) in [7, 11) is 0. The molecule has 0 bridgehead atoms. The fourth-order valence-electron chi connectivity index (χ4n) is 1.73. The van der Waals surface area contributed by atoms with Gasteiger partial charge in [0.05, 0.1) is 0 Å². The monoisotopic (exact) mass is 211 g/mol. The van der Waals surface area contributed by atoms with Crippen LogP contribution in [0.1, 0.15) is 24.2 Å². The minimum absolute atomic E-state index is 0.731. The van der Waals surface area contributed by atoms with Crippen LogP contribution in [0, 0.1) is 12.8 Å². The van der Waals surface area contributed by atoms with E-state index in [4.69, 9.17) is 4.74 Å². The van der Waals surface area contributed by atoms with Crippen molar-refractivity contribution in [2.45, 2.75) is 26.3 Å². The summed E-state index contributed by atoms with van der Waals surface area (Å²) < 4.78 is 9.93. The van der Waals surface area contributed by atoms with Crippen LogP contribution in [0.15, 0.2) is 4.63 Å². The predicted molar refractivity (Wildman–Crippen MR) is 54.3 cm³/mol. The van der Waals surface area contributed by atoms with Crippen molar-refractivity contribution >= 4 is 0 Å². The number of aromatic nitrogens is 2. The van der Waals surface area contributed by atoms with Crippen LogP contribution in [0.5, 0.6) is 0 Å². The second-order valence-electron chi connectivity index (χ2n) is 3.99. The lowest BCUT2D eigenvalue weighted by Gasteiger charge is -2.07. The summed E-state index contributed by atoms with van der Waals surface area (Å²) in [6.07, 6.45) is 2.37. The molecular weight excluding hydrogens is 194 g/mol. The van der Waals surface area contributed by atoms with Crippen molar-refractivity contribution in [2.24, 2.45) is 5.92 Å². The van der Waals surface area contributed by atoms with Crippen LogP contribution in [0.4, 0.5) is 0 Å². The first-order chi connectivity index (χ1) is 7.36. The lowest BCUT2D eigenvalue weighted by Crippen LogP contribution is -2.18. The molecule has 0 aromatic carbocycles. The van der Waals surface area contributed by atoms with E-state index in [-0.39, 0.29) is 0 Å². The van der Waals surface area contributed by atoms with E-state index in [0.29, 0.717) is 0 Å². The highest BCUT2D eigenvalue weighted by atomic mass is 16.6. The summed E-state index contributed by atoms with van der Waals surface area (Å²) in [5, 5.41) is 10.9. The van der Waals surface area contributed by atoms with Crippen LogP contribution in [-0.2, 0) is 11.3 Å². The molecule has 5 nitrogen and oxygen atoms in total. The van der Waals surface area contributed by atoms with Gasteiger partial charge in [0.25, 0.3) is 0 Å². The van der Waals surface area contributed by atoms with Crippen LogP contribution in [0.25, 0.3) is 0 Å². The molecule has 15 heavy (non-hydrogen) atoms. The minimum atomic E-state index is 0.731. The van der Waals surface area contributed by atoms with E-state index in [1.807, 2.05) is 6.92 Å². The number of nitrogens with one attached hydrogen (secondary N) is 1. The van der Waals surface area contributed by atoms with E-state index >= 15 is 0 Å². The quantitative estimate of drug-likeness (QED) is 0.733. The first kappa shape index (κ1) is 10.6. The molecule has 1 aliphatic heterocycles. The highest BCUT2D eigenvalue weighted by Gasteiger charge is 2.14. The summed E-state index contributed by atoms with van der Waals surface area (Å²) in [6.45, 7) is 5.49. The van der Waals surface area contributed by atoms with E-state index < -0.39 is 0 Å². The van der Waals surface area contributed by atoms with Gasteiger partial charge in [-0.15, -0.1) is 0 Å². The van der Waals surface area contributed by atoms with E-state index in [2.05, 4.69) is 20.3 Å². The normalized spacial score (nSPS) is 21.0. The molecule has 1 aliphatic rings. The molecular formula is C10H17N3O2. The van der Waals surface area contributed by atoms with Crippen LogP contribution in [0.3, 0.4) is 0 Å². The van der Waals surface area contributed by atoms with E-state index in [1.165, 1.54) is 12.8 Å². The third-order valence-corrected chi connectivity index (χ3v) is 2.79. The Labute approximate surface area is 89.1 Å². The average molecular weight is 211 g/mol. The van der Waals surface area contributed by atoms with Crippen LogP contribution in [-0.4, -0.2) is 30.1 Å². The Morgan fingerprint density at radius 1 is 1.47 bits per heavy atom. The Morgan fingerprint density at radius 2 is 2.40 bits per heavy atom. The maximum Gasteiger partial charge on any atom is 0.121 e. The molecule has 5 heteroatoms. The number of rotatable bonds is 5. The summed E-state index contributed by atoms with van der Waals surface area (Å²) in [6, 6.07) is 0. The van der Waals surface area contributed by atoms with Crippen molar-refractivity contribution in [3.8, 4) is 0 Å². The van der Waals surface area contributed by atoms with E-state index in [9.17, 15) is 0 Å². The summed E-state index contributed by atoms with van der Waals surface area (Å²) in [4.78, 5) is 0. The standard InChI is InChI=1S/C10H17N3O2/c1-8-10(13-15-12-8)6-11-4-2-9-3-5-14-7-9/h9,11H,2-7H2,1H3. The molecule has 1 saturated heterocycles. The van der Waals surface area contributed by atoms with Gasteiger partial charge < -0.3 is 10.1 Å². The molecule has 1 N–H and O–H groups in total. The molecule has 1 fully saturated rings. The van der Waals surface area contributed by atoms with Gasteiger partial charge in [0.2, 0.25) is 0 Å². The molecule has 2 heterocycles. The van der Waals surface area contributed by atoms with Gasteiger partial charge in [-0.1, -0.05) is 10.3 Å². The van der Waals surface area contributed by atoms with Crippen LogP contribution < -0.4 is 5.32 Å². The first-order valence-corrected chi connectivity index (χ1v) is 5.43. The lowest BCUT2D eigenvalue weighted by atomic mass is 10.1. The summed E-state index contributed by atoms with van der Waals surface area (Å²) in [5.74, 6) is 0.731. The number of hydrogen-bond donors (Lipinski definition) is 1. The number of aryl methyl sites for hydroxylation is 1. The van der Waals surface area contributed by atoms with Gasteiger partial charge in [0.1, 0.15) is 11.4 Å². The van der Waals surface area contributed by atoms with Gasteiger partial charge >= 0.3 is 0 Å². The second-order valence-corrected chi connectivity index (χ2v) is 3.99. The molecule has 0 saturated carbocycles. The molecule has 0 radical (unpaired) electrons. The van der Waals surface area contributed by atoms with Crippen molar-refractivity contribution < 1.29 is 9.37 Å². The number of hydrogen-bond acceptors (Lipinski definition) is 5. The van der Waals surface area contributed by atoms with E-state index in [1.54, 1.807) is 0 Å². The van der Waals surface area contributed by atoms with Gasteiger partial charge in [0, 0.05) is 19.8 Å². The highest BCUT2D eigenvalue weighted by molar-refractivity contribution is 5.03. The average Bonchev–Trinajstić information content (AvgIpc) is 2.85. The molecule has 2 rings (SSSR count). The molecule has 0 aliphatic carbocycles. The van der Waals surface area contributed by atoms with Crippen LogP contribution in [0.2, 0.25) is 0 Å². The Hall–Kier alpha value is -0.940. The maximum atomic E-state index is 5.31. The van der Waals surface area contributed by atoms with Crippen LogP contribution >= 0.6 is 0 Å². The van der Waals surface area contributed by atoms with E-state index in [0.717, 1.165) is 43.6 Å². The fourth-order valence-corrected chi connectivity index (χ4v) is 1.73. The van der Waals surface area contributed by atoms with Gasteiger partial charge in [-0.2, -0.15) is 0 Å². The predicted octanol–water partition coefficient (Wildman–Crippen LogP) is 0.894. The Balaban J connectivity index is 1.60. The number of nitrogens with zero attached hydrogens (tertiary/aromatic N) is 2. The second kappa shape index (κ2) is 5.23. The lowest BCUT2D eigenvalue weighted by molar-refractivity contribution is 0.184.